The maximum atomic E-state index is 11.8. The van der Waals surface area contributed by atoms with Crippen molar-refractivity contribution in [2.75, 3.05) is 5.73 Å². The molecule has 0 fully saturated rings. The quantitative estimate of drug-likeness (QED) is 0.828. The van der Waals surface area contributed by atoms with Gasteiger partial charge in [0, 0.05) is 11.3 Å². The highest BCUT2D eigenvalue weighted by atomic mass is 32.1. The first-order valence-corrected chi connectivity index (χ1v) is 6.52. The molecule has 0 amide bonds. The highest BCUT2D eigenvalue weighted by Gasteiger charge is 2.14. The molecule has 0 bridgehead atoms. The number of benzene rings is 1. The molecule has 0 aliphatic rings. The van der Waals surface area contributed by atoms with Gasteiger partial charge in [0.2, 0.25) is 0 Å². The van der Waals surface area contributed by atoms with Crippen molar-refractivity contribution in [2.24, 2.45) is 0 Å². The molecule has 2 aromatic rings. The Balaban J connectivity index is 2.34. The van der Waals surface area contributed by atoms with Gasteiger partial charge in [-0.2, -0.15) is 0 Å². The number of Topliss-reactive ketones (excluding diaryl/α,β-unsaturated/α-hetero) is 1. The second-order valence-electron chi connectivity index (χ2n) is 3.93. The Kier molecular flexibility index (Phi) is 3.59. The number of carbonyl (C=O) groups is 1. The molecule has 0 aliphatic heterocycles. The third-order valence-electron chi connectivity index (χ3n) is 2.55. The molecule has 2 N–H and O–H groups in total. The Morgan fingerprint density at radius 2 is 2.00 bits per heavy atom. The summed E-state index contributed by atoms with van der Waals surface area (Å²) in [5.74, 6) is 0.150. The van der Waals surface area contributed by atoms with Crippen molar-refractivity contribution in [3.05, 3.63) is 41.3 Å². The fourth-order valence-corrected chi connectivity index (χ4v) is 2.76. The van der Waals surface area contributed by atoms with Crippen LogP contribution >= 0.6 is 11.3 Å². The molecule has 0 saturated carbocycles. The van der Waals surface area contributed by atoms with E-state index in [4.69, 9.17) is 5.73 Å². The number of hydrogen-bond donors (Lipinski definition) is 1. The molecule has 88 valence electrons. The molecule has 1 heterocycles. The first kappa shape index (κ1) is 11.9. The second-order valence-corrected chi connectivity index (χ2v) is 4.99. The highest BCUT2D eigenvalue weighted by Crippen LogP contribution is 2.33. The Morgan fingerprint density at radius 1 is 1.29 bits per heavy atom. The summed E-state index contributed by atoms with van der Waals surface area (Å²) in [5.41, 5.74) is 7.61. The number of nitrogen functional groups attached to an aromatic ring is 1. The van der Waals surface area contributed by atoms with Crippen molar-refractivity contribution in [3.8, 4) is 10.4 Å². The molecule has 0 radical (unpaired) electrons. The number of carbonyl (C=O) groups excluding carboxylic acids is 1. The van der Waals surface area contributed by atoms with Gasteiger partial charge in [-0.1, -0.05) is 37.3 Å². The van der Waals surface area contributed by atoms with Gasteiger partial charge in [0.1, 0.15) is 0 Å². The van der Waals surface area contributed by atoms with Crippen LogP contribution in [0.1, 0.15) is 29.4 Å². The number of hydrogen-bond acceptors (Lipinski definition) is 3. The molecule has 1 aromatic heterocycles. The van der Waals surface area contributed by atoms with Crippen molar-refractivity contribution >= 4 is 22.8 Å². The van der Waals surface area contributed by atoms with Gasteiger partial charge in [0.15, 0.2) is 5.78 Å². The summed E-state index contributed by atoms with van der Waals surface area (Å²) < 4.78 is 0. The summed E-state index contributed by atoms with van der Waals surface area (Å²) in [6.45, 7) is 2.00. The van der Waals surface area contributed by atoms with Gasteiger partial charge >= 0.3 is 0 Å². The monoisotopic (exact) mass is 245 g/mol. The molecule has 2 nitrogen and oxygen atoms in total. The van der Waals surface area contributed by atoms with Crippen molar-refractivity contribution < 1.29 is 4.79 Å². The van der Waals surface area contributed by atoms with E-state index < -0.39 is 0 Å². The minimum Gasteiger partial charge on any atom is -0.397 e. The van der Waals surface area contributed by atoms with E-state index in [1.165, 1.54) is 11.3 Å². The lowest BCUT2D eigenvalue weighted by Gasteiger charge is -1.96. The van der Waals surface area contributed by atoms with E-state index >= 15 is 0 Å². The van der Waals surface area contributed by atoms with E-state index in [-0.39, 0.29) is 5.78 Å². The van der Waals surface area contributed by atoms with Gasteiger partial charge in [-0.25, -0.2) is 0 Å². The molecular formula is C14H15NOS. The summed E-state index contributed by atoms with van der Waals surface area (Å²) in [5, 5.41) is 0. The Labute approximate surface area is 105 Å². The summed E-state index contributed by atoms with van der Waals surface area (Å²) in [7, 11) is 0. The third kappa shape index (κ3) is 2.56. The van der Waals surface area contributed by atoms with Crippen LogP contribution in [0.3, 0.4) is 0 Å². The smallest absolute Gasteiger partial charge is 0.174 e. The average Bonchev–Trinajstić information content (AvgIpc) is 2.73. The third-order valence-corrected chi connectivity index (χ3v) is 3.79. The van der Waals surface area contributed by atoms with Crippen LogP contribution in [0, 0.1) is 0 Å². The van der Waals surface area contributed by atoms with Crippen LogP contribution in [0.4, 0.5) is 5.69 Å². The molecule has 17 heavy (non-hydrogen) atoms. The average molecular weight is 245 g/mol. The molecule has 0 unspecified atom stereocenters. The Hall–Kier alpha value is -1.61. The molecule has 0 atom stereocenters. The standard InChI is InChI=1S/C14H15NOS/c1-2-6-12(16)14-11(15)9-13(17-14)10-7-4-3-5-8-10/h3-5,7-9H,2,6,15H2,1H3. The fourth-order valence-electron chi connectivity index (χ4n) is 1.71. The zero-order valence-corrected chi connectivity index (χ0v) is 10.6. The van der Waals surface area contributed by atoms with Gasteiger partial charge in [-0.05, 0) is 18.1 Å². The van der Waals surface area contributed by atoms with Crippen molar-refractivity contribution in [1.29, 1.82) is 0 Å². The first-order chi connectivity index (χ1) is 8.22. The molecule has 0 saturated heterocycles. The normalized spacial score (nSPS) is 10.4. The molecule has 0 spiro atoms. The number of thiophene rings is 1. The predicted octanol–water partition coefficient (Wildman–Crippen LogP) is 3.98. The van der Waals surface area contributed by atoms with Gasteiger partial charge in [0.05, 0.1) is 10.6 Å². The molecule has 1 aromatic carbocycles. The summed E-state index contributed by atoms with van der Waals surface area (Å²) in [6, 6.07) is 11.9. The second kappa shape index (κ2) is 5.15. The predicted molar refractivity (Wildman–Crippen MR) is 73.4 cm³/mol. The zero-order chi connectivity index (χ0) is 12.3. The van der Waals surface area contributed by atoms with Crippen molar-refractivity contribution in [3.63, 3.8) is 0 Å². The molecular weight excluding hydrogens is 230 g/mol. The Bertz CT molecular complexity index is 516. The lowest BCUT2D eigenvalue weighted by molar-refractivity contribution is 0.0986. The summed E-state index contributed by atoms with van der Waals surface area (Å²) >= 11 is 1.49. The van der Waals surface area contributed by atoms with E-state index in [2.05, 4.69) is 0 Å². The summed E-state index contributed by atoms with van der Waals surface area (Å²) in [6.07, 6.45) is 1.43. The van der Waals surface area contributed by atoms with Gasteiger partial charge in [-0.3, -0.25) is 4.79 Å². The van der Waals surface area contributed by atoms with E-state index in [9.17, 15) is 4.79 Å². The summed E-state index contributed by atoms with van der Waals surface area (Å²) in [4.78, 5) is 13.6. The number of rotatable bonds is 4. The molecule has 2 rings (SSSR count). The Morgan fingerprint density at radius 3 is 2.65 bits per heavy atom. The topological polar surface area (TPSA) is 43.1 Å². The van der Waals surface area contributed by atoms with E-state index in [0.29, 0.717) is 17.0 Å². The SMILES string of the molecule is CCCC(=O)c1sc(-c2ccccc2)cc1N. The van der Waals surface area contributed by atoms with Crippen molar-refractivity contribution in [2.45, 2.75) is 19.8 Å². The molecule has 0 aliphatic carbocycles. The van der Waals surface area contributed by atoms with E-state index in [0.717, 1.165) is 16.9 Å². The van der Waals surface area contributed by atoms with Crippen LogP contribution < -0.4 is 5.73 Å². The van der Waals surface area contributed by atoms with Gasteiger partial charge < -0.3 is 5.73 Å². The van der Waals surface area contributed by atoms with Crippen LogP contribution in [0.15, 0.2) is 36.4 Å². The van der Waals surface area contributed by atoms with E-state index in [1.54, 1.807) is 0 Å². The zero-order valence-electron chi connectivity index (χ0n) is 9.77. The van der Waals surface area contributed by atoms with Crippen LogP contribution in [-0.4, -0.2) is 5.78 Å². The first-order valence-electron chi connectivity index (χ1n) is 5.70. The maximum absolute atomic E-state index is 11.8. The van der Waals surface area contributed by atoms with Crippen molar-refractivity contribution in [1.82, 2.24) is 0 Å². The lowest BCUT2D eigenvalue weighted by atomic mass is 10.1. The van der Waals surface area contributed by atoms with E-state index in [1.807, 2.05) is 43.3 Å². The van der Waals surface area contributed by atoms with Crippen LogP contribution in [0.5, 0.6) is 0 Å². The van der Waals surface area contributed by atoms with Crippen LogP contribution in [0.2, 0.25) is 0 Å². The number of nitrogens with two attached hydrogens (primary N) is 1. The minimum absolute atomic E-state index is 0.150. The number of anilines is 1. The van der Waals surface area contributed by atoms with Gasteiger partial charge in [0.25, 0.3) is 0 Å². The molecule has 3 heteroatoms. The van der Waals surface area contributed by atoms with Crippen LogP contribution in [-0.2, 0) is 0 Å². The van der Waals surface area contributed by atoms with Crippen LogP contribution in [0.25, 0.3) is 10.4 Å². The van der Waals surface area contributed by atoms with Gasteiger partial charge in [-0.15, -0.1) is 11.3 Å². The largest absolute Gasteiger partial charge is 0.397 e. The maximum Gasteiger partial charge on any atom is 0.174 e. The fraction of sp³-hybridized carbons (Fsp3) is 0.214. The highest BCUT2D eigenvalue weighted by molar-refractivity contribution is 7.18. The minimum atomic E-state index is 0.150. The number of ketones is 1. The lowest BCUT2D eigenvalue weighted by Crippen LogP contribution is -1.98.